The first-order valence-corrected chi connectivity index (χ1v) is 7.27. The molecule has 0 saturated carbocycles. The van der Waals surface area contributed by atoms with E-state index in [1.54, 1.807) is 29.0 Å². The van der Waals surface area contributed by atoms with Crippen molar-refractivity contribution in [2.45, 2.75) is 0 Å². The van der Waals surface area contributed by atoms with Gasteiger partial charge in [-0.2, -0.15) is 0 Å². The summed E-state index contributed by atoms with van der Waals surface area (Å²) in [6.45, 7) is 1.85. The van der Waals surface area contributed by atoms with Crippen molar-refractivity contribution in [3.05, 3.63) is 24.3 Å². The van der Waals surface area contributed by atoms with Crippen LogP contribution in [-0.2, 0) is 4.74 Å². The summed E-state index contributed by atoms with van der Waals surface area (Å²) >= 11 is 0. The monoisotopic (exact) mass is 323 g/mol. The number of carbonyl (C=O) groups is 2. The lowest BCUT2D eigenvalue weighted by Gasteiger charge is -2.33. The minimum absolute atomic E-state index is 0.0381. The lowest BCUT2D eigenvalue weighted by atomic mass is 10.3. The van der Waals surface area contributed by atoms with Gasteiger partial charge in [-0.05, 0) is 12.1 Å². The van der Waals surface area contributed by atoms with Gasteiger partial charge in [-0.25, -0.2) is 9.59 Å². The second kappa shape index (κ2) is 8.11. The van der Waals surface area contributed by atoms with Crippen LogP contribution in [0.25, 0.3) is 0 Å². The van der Waals surface area contributed by atoms with Gasteiger partial charge in [0.25, 0.3) is 0 Å². The normalized spacial score (nSPS) is 14.2. The van der Waals surface area contributed by atoms with Gasteiger partial charge >= 0.3 is 12.1 Å². The number of piperazine rings is 1. The Balaban J connectivity index is 1.74. The summed E-state index contributed by atoms with van der Waals surface area (Å²) in [5.74, 6) is 1.17. The highest BCUT2D eigenvalue weighted by Gasteiger charge is 2.24. The van der Waals surface area contributed by atoms with E-state index in [4.69, 9.17) is 9.47 Å². The molecule has 0 aromatic heterocycles. The molecular weight excluding hydrogens is 302 g/mol. The Morgan fingerprint density at radius 2 is 1.65 bits per heavy atom. The number of hydrogen-bond acceptors (Lipinski definition) is 5. The van der Waals surface area contributed by atoms with E-state index in [-0.39, 0.29) is 18.9 Å². The largest absolute Gasteiger partial charge is 0.493 e. The number of benzene rings is 1. The van der Waals surface area contributed by atoms with Gasteiger partial charge in [-0.3, -0.25) is 0 Å². The van der Waals surface area contributed by atoms with E-state index in [2.05, 4.69) is 10.1 Å². The van der Waals surface area contributed by atoms with E-state index in [1.165, 1.54) is 7.11 Å². The molecule has 1 aromatic carbocycles. The highest BCUT2D eigenvalue weighted by molar-refractivity contribution is 5.74. The molecule has 1 aliphatic heterocycles. The number of nitrogens with one attached hydrogen (secondary N) is 1. The standard InChI is InChI=1S/C15H21N3O5/c1-21-12-5-3-4-6-13(12)23-11-16-14(19)17-7-9-18(10-8-17)15(20)22-2/h3-6H,7-11H2,1-2H3,(H,16,19). The number of methoxy groups -OCH3 is 2. The number of para-hydroxylation sites is 2. The number of nitrogens with zero attached hydrogens (tertiary/aromatic N) is 2. The van der Waals surface area contributed by atoms with E-state index in [1.807, 2.05) is 12.1 Å². The molecule has 0 unspecified atom stereocenters. The number of hydrogen-bond donors (Lipinski definition) is 1. The number of urea groups is 1. The summed E-state index contributed by atoms with van der Waals surface area (Å²) < 4.78 is 15.3. The smallest absolute Gasteiger partial charge is 0.409 e. The van der Waals surface area contributed by atoms with Gasteiger partial charge in [-0.1, -0.05) is 12.1 Å². The highest BCUT2D eigenvalue weighted by Crippen LogP contribution is 2.25. The summed E-state index contributed by atoms with van der Waals surface area (Å²) in [7, 11) is 2.90. The third-order valence-corrected chi connectivity index (χ3v) is 3.52. The average molecular weight is 323 g/mol. The molecule has 1 fully saturated rings. The molecule has 1 saturated heterocycles. The third-order valence-electron chi connectivity index (χ3n) is 3.52. The van der Waals surface area contributed by atoms with Crippen LogP contribution in [0.3, 0.4) is 0 Å². The Morgan fingerprint density at radius 1 is 1.04 bits per heavy atom. The maximum atomic E-state index is 12.1. The highest BCUT2D eigenvalue weighted by atomic mass is 16.5. The molecule has 126 valence electrons. The second-order valence-corrected chi connectivity index (χ2v) is 4.87. The van der Waals surface area contributed by atoms with Gasteiger partial charge in [0, 0.05) is 26.2 Å². The Morgan fingerprint density at radius 3 is 2.26 bits per heavy atom. The van der Waals surface area contributed by atoms with Crippen LogP contribution in [0.4, 0.5) is 9.59 Å². The van der Waals surface area contributed by atoms with Crippen molar-refractivity contribution in [3.8, 4) is 11.5 Å². The van der Waals surface area contributed by atoms with Gasteiger partial charge in [0.15, 0.2) is 18.2 Å². The summed E-state index contributed by atoms with van der Waals surface area (Å²) in [5, 5.41) is 2.68. The van der Waals surface area contributed by atoms with Gasteiger partial charge in [0.1, 0.15) is 0 Å². The summed E-state index contributed by atoms with van der Waals surface area (Å²) in [5.41, 5.74) is 0. The number of ether oxygens (including phenoxy) is 3. The van der Waals surface area contributed by atoms with Crippen molar-refractivity contribution in [1.29, 1.82) is 0 Å². The fourth-order valence-electron chi connectivity index (χ4n) is 2.25. The van der Waals surface area contributed by atoms with Crippen LogP contribution in [0.2, 0.25) is 0 Å². The molecule has 2 rings (SSSR count). The first kappa shape index (κ1) is 16.7. The molecule has 1 heterocycles. The minimum Gasteiger partial charge on any atom is -0.493 e. The van der Waals surface area contributed by atoms with Crippen molar-refractivity contribution in [3.63, 3.8) is 0 Å². The van der Waals surface area contributed by atoms with Crippen molar-refractivity contribution < 1.29 is 23.8 Å². The minimum atomic E-state index is -0.371. The molecule has 0 atom stereocenters. The van der Waals surface area contributed by atoms with Gasteiger partial charge in [-0.15, -0.1) is 0 Å². The lowest BCUT2D eigenvalue weighted by molar-refractivity contribution is 0.0957. The zero-order valence-corrected chi connectivity index (χ0v) is 13.3. The van der Waals surface area contributed by atoms with Crippen molar-refractivity contribution >= 4 is 12.1 Å². The molecule has 0 spiro atoms. The molecule has 0 aliphatic carbocycles. The molecular formula is C15H21N3O5. The average Bonchev–Trinajstić information content (AvgIpc) is 2.61. The second-order valence-electron chi connectivity index (χ2n) is 4.87. The molecule has 3 amide bonds. The van der Waals surface area contributed by atoms with Crippen LogP contribution >= 0.6 is 0 Å². The maximum absolute atomic E-state index is 12.1. The third kappa shape index (κ3) is 4.41. The van der Waals surface area contributed by atoms with Crippen LogP contribution < -0.4 is 14.8 Å². The van der Waals surface area contributed by atoms with Crippen molar-refractivity contribution in [1.82, 2.24) is 15.1 Å². The van der Waals surface area contributed by atoms with Gasteiger partial charge in [0.05, 0.1) is 14.2 Å². The summed E-state index contributed by atoms with van der Waals surface area (Å²) in [4.78, 5) is 26.6. The quantitative estimate of drug-likeness (QED) is 0.840. The molecule has 1 aliphatic rings. The van der Waals surface area contributed by atoms with Crippen LogP contribution in [0.15, 0.2) is 24.3 Å². The summed E-state index contributed by atoms with van der Waals surface area (Å²) in [6, 6.07) is 6.98. The number of carbonyl (C=O) groups excluding carboxylic acids is 2. The fraction of sp³-hybridized carbons (Fsp3) is 0.467. The molecule has 23 heavy (non-hydrogen) atoms. The van der Waals surface area contributed by atoms with E-state index in [0.29, 0.717) is 37.7 Å². The summed E-state index contributed by atoms with van der Waals surface area (Å²) in [6.07, 6.45) is -0.371. The maximum Gasteiger partial charge on any atom is 0.409 e. The van der Waals surface area contributed by atoms with E-state index >= 15 is 0 Å². The zero-order chi connectivity index (χ0) is 16.7. The van der Waals surface area contributed by atoms with Crippen LogP contribution in [-0.4, -0.2) is 69.1 Å². The number of rotatable bonds is 4. The fourth-order valence-corrected chi connectivity index (χ4v) is 2.25. The number of amides is 3. The van der Waals surface area contributed by atoms with Crippen molar-refractivity contribution in [2.24, 2.45) is 0 Å². The topological polar surface area (TPSA) is 80.3 Å². The molecule has 8 heteroatoms. The van der Waals surface area contributed by atoms with Crippen LogP contribution in [0.1, 0.15) is 0 Å². The first-order valence-electron chi connectivity index (χ1n) is 7.27. The van der Waals surface area contributed by atoms with E-state index in [0.717, 1.165) is 0 Å². The van der Waals surface area contributed by atoms with E-state index < -0.39 is 0 Å². The Hall–Kier alpha value is -2.64. The Bertz CT molecular complexity index is 544. The Kier molecular flexibility index (Phi) is 5.90. The molecule has 8 nitrogen and oxygen atoms in total. The zero-order valence-electron chi connectivity index (χ0n) is 13.3. The SMILES string of the molecule is COC(=O)N1CCN(C(=O)NCOc2ccccc2OC)CC1. The van der Waals surface area contributed by atoms with Crippen LogP contribution in [0, 0.1) is 0 Å². The van der Waals surface area contributed by atoms with Gasteiger partial charge in [0.2, 0.25) is 0 Å². The predicted octanol–water partition coefficient (Wildman–Crippen LogP) is 1.13. The lowest BCUT2D eigenvalue weighted by Crippen LogP contribution is -2.53. The van der Waals surface area contributed by atoms with Crippen molar-refractivity contribution in [2.75, 3.05) is 47.1 Å². The van der Waals surface area contributed by atoms with E-state index in [9.17, 15) is 9.59 Å². The first-order chi connectivity index (χ1) is 11.2. The predicted molar refractivity (Wildman–Crippen MR) is 82.6 cm³/mol. The van der Waals surface area contributed by atoms with Crippen LogP contribution in [0.5, 0.6) is 11.5 Å². The van der Waals surface area contributed by atoms with Gasteiger partial charge < -0.3 is 29.3 Å². The molecule has 1 aromatic rings. The molecule has 0 radical (unpaired) electrons. The molecule has 1 N–H and O–H groups in total. The Labute approximate surface area is 134 Å². The molecule has 0 bridgehead atoms.